The number of anilines is 2. The van der Waals surface area contributed by atoms with Crippen LogP contribution in [0.15, 0.2) is 36.5 Å². The van der Waals surface area contributed by atoms with Crippen molar-refractivity contribution >= 4 is 38.3 Å². The maximum atomic E-state index is 13.1. The molecule has 9 heteroatoms. The Morgan fingerprint density at radius 2 is 1.84 bits per heavy atom. The van der Waals surface area contributed by atoms with Gasteiger partial charge in [-0.15, -0.1) is 0 Å². The summed E-state index contributed by atoms with van der Waals surface area (Å²) in [5, 5.41) is 8.05. The van der Waals surface area contributed by atoms with E-state index in [1.807, 2.05) is 38.4 Å². The van der Waals surface area contributed by atoms with Crippen molar-refractivity contribution in [3.8, 4) is 0 Å². The van der Waals surface area contributed by atoms with Gasteiger partial charge in [-0.2, -0.15) is 5.10 Å². The Morgan fingerprint density at radius 3 is 2.42 bits per heavy atom. The Labute approximate surface area is 182 Å². The molecule has 1 aliphatic rings. The van der Waals surface area contributed by atoms with E-state index in [2.05, 4.69) is 10.4 Å². The maximum absolute atomic E-state index is 13.1. The molecule has 4 rings (SSSR count). The number of amides is 1. The lowest BCUT2D eigenvalue weighted by Gasteiger charge is -2.17. The van der Waals surface area contributed by atoms with E-state index in [0.717, 1.165) is 5.69 Å². The summed E-state index contributed by atoms with van der Waals surface area (Å²) in [4.78, 5) is 17.9. The van der Waals surface area contributed by atoms with E-state index in [4.69, 9.17) is 4.98 Å². The van der Waals surface area contributed by atoms with Gasteiger partial charge in [0, 0.05) is 24.0 Å². The van der Waals surface area contributed by atoms with Crippen molar-refractivity contribution in [1.82, 2.24) is 14.8 Å². The van der Waals surface area contributed by atoms with Gasteiger partial charge in [0.25, 0.3) is 5.91 Å². The lowest BCUT2D eigenvalue weighted by Crippen LogP contribution is -2.25. The molecular weight excluding hydrogens is 414 g/mol. The van der Waals surface area contributed by atoms with Crippen LogP contribution in [0.1, 0.15) is 62.1 Å². The van der Waals surface area contributed by atoms with Gasteiger partial charge in [0.2, 0.25) is 10.0 Å². The normalized spacial score (nSPS) is 15.9. The van der Waals surface area contributed by atoms with E-state index in [-0.39, 0.29) is 23.6 Å². The molecular formula is C22H27N5O3S. The summed E-state index contributed by atoms with van der Waals surface area (Å²) in [5.74, 6) is 0.0819. The minimum atomic E-state index is -3.23. The highest BCUT2D eigenvalue weighted by Crippen LogP contribution is 2.27. The van der Waals surface area contributed by atoms with Crippen LogP contribution >= 0.6 is 0 Å². The number of benzene rings is 1. The Balaban J connectivity index is 1.64. The summed E-state index contributed by atoms with van der Waals surface area (Å²) in [5.41, 5.74) is 3.25. The summed E-state index contributed by atoms with van der Waals surface area (Å²) in [6.07, 6.45) is 2.31. The van der Waals surface area contributed by atoms with Crippen LogP contribution in [0.2, 0.25) is 0 Å². The molecule has 0 unspecified atom stereocenters. The number of hydrogen-bond acceptors (Lipinski definition) is 5. The molecule has 0 bridgehead atoms. The minimum absolute atomic E-state index is 0.123. The number of pyridine rings is 1. The van der Waals surface area contributed by atoms with Gasteiger partial charge >= 0.3 is 0 Å². The third kappa shape index (κ3) is 4.01. The zero-order valence-electron chi connectivity index (χ0n) is 18.2. The maximum Gasteiger partial charge on any atom is 0.256 e. The second-order valence-corrected chi connectivity index (χ2v) is 10.4. The highest BCUT2D eigenvalue weighted by Gasteiger charge is 2.28. The summed E-state index contributed by atoms with van der Waals surface area (Å²) < 4.78 is 27.5. The number of hydrogen-bond donors (Lipinski definition) is 1. The molecule has 8 nitrogen and oxygen atoms in total. The smallest absolute Gasteiger partial charge is 0.256 e. The standard InChI is InChI=1S/C22H27N5O3S/c1-14(2)20-12-18(19-13-23-27(15(3)4)21(19)25-20)22(28)24-16-6-8-17(9-7-16)26-10-5-11-31(26,29)30/h6-9,12-15H,5,10-11H2,1-4H3,(H,24,28). The van der Waals surface area contributed by atoms with Crippen molar-refractivity contribution < 1.29 is 13.2 Å². The average Bonchev–Trinajstić information content (AvgIpc) is 3.30. The number of sulfonamides is 1. The van der Waals surface area contributed by atoms with E-state index in [9.17, 15) is 13.2 Å². The van der Waals surface area contributed by atoms with E-state index >= 15 is 0 Å². The third-order valence-corrected chi connectivity index (χ3v) is 7.29. The Hall–Kier alpha value is -2.94. The second kappa shape index (κ2) is 7.96. The van der Waals surface area contributed by atoms with Crippen molar-refractivity contribution in [2.75, 3.05) is 21.9 Å². The fraction of sp³-hybridized carbons (Fsp3) is 0.409. The lowest BCUT2D eigenvalue weighted by molar-refractivity contribution is 0.102. The molecule has 1 amide bonds. The lowest BCUT2D eigenvalue weighted by atomic mass is 10.0. The van der Waals surface area contributed by atoms with E-state index in [1.54, 1.807) is 30.5 Å². The van der Waals surface area contributed by atoms with Crippen molar-refractivity contribution in [3.63, 3.8) is 0 Å². The number of rotatable bonds is 5. The number of aromatic nitrogens is 3. The number of nitrogens with one attached hydrogen (secondary N) is 1. The zero-order valence-corrected chi connectivity index (χ0v) is 19.0. The number of nitrogens with zero attached hydrogens (tertiary/aromatic N) is 4. The minimum Gasteiger partial charge on any atom is -0.322 e. The number of carbonyl (C=O) groups excluding carboxylic acids is 1. The fourth-order valence-corrected chi connectivity index (χ4v) is 5.30. The van der Waals surface area contributed by atoms with E-state index < -0.39 is 10.0 Å². The molecule has 0 radical (unpaired) electrons. The highest BCUT2D eigenvalue weighted by atomic mass is 32.2. The zero-order chi connectivity index (χ0) is 22.3. The van der Waals surface area contributed by atoms with Gasteiger partial charge in [0.15, 0.2) is 5.65 Å². The van der Waals surface area contributed by atoms with Crippen LogP contribution in [0.25, 0.3) is 11.0 Å². The van der Waals surface area contributed by atoms with Gasteiger partial charge in [-0.1, -0.05) is 13.8 Å². The van der Waals surface area contributed by atoms with Gasteiger partial charge < -0.3 is 5.32 Å². The van der Waals surface area contributed by atoms with Crippen molar-refractivity contribution in [2.24, 2.45) is 0 Å². The summed E-state index contributed by atoms with van der Waals surface area (Å²) >= 11 is 0. The SMILES string of the molecule is CC(C)c1cc(C(=O)Nc2ccc(N3CCCS3(=O)=O)cc2)c2cnn(C(C)C)c2n1. The molecule has 164 valence electrons. The molecule has 31 heavy (non-hydrogen) atoms. The first-order valence-corrected chi connectivity index (χ1v) is 12.1. The number of carbonyl (C=O) groups is 1. The van der Waals surface area contributed by atoms with Gasteiger partial charge in [-0.25, -0.2) is 18.1 Å². The van der Waals surface area contributed by atoms with Gasteiger partial charge in [-0.3, -0.25) is 9.10 Å². The molecule has 0 saturated carbocycles. The Bertz CT molecular complexity index is 1230. The van der Waals surface area contributed by atoms with Crippen molar-refractivity contribution in [2.45, 2.75) is 46.1 Å². The quantitative estimate of drug-likeness (QED) is 0.647. The van der Waals surface area contributed by atoms with E-state index in [0.29, 0.717) is 40.9 Å². The number of fused-ring (bicyclic) bond motifs is 1. The van der Waals surface area contributed by atoms with Crippen LogP contribution in [0, 0.1) is 0 Å². The molecule has 0 atom stereocenters. The predicted octanol–water partition coefficient (Wildman–Crippen LogP) is 3.93. The highest BCUT2D eigenvalue weighted by molar-refractivity contribution is 7.93. The first-order chi connectivity index (χ1) is 14.7. The molecule has 1 fully saturated rings. The first-order valence-electron chi connectivity index (χ1n) is 10.5. The third-order valence-electron chi connectivity index (χ3n) is 5.42. The van der Waals surface area contributed by atoms with Gasteiger partial charge in [0.1, 0.15) is 0 Å². The molecule has 3 heterocycles. The summed E-state index contributed by atoms with van der Waals surface area (Å²) in [7, 11) is -3.23. The van der Waals surface area contributed by atoms with Crippen LogP contribution in [0.3, 0.4) is 0 Å². The molecule has 1 N–H and O–H groups in total. The molecule has 0 aliphatic carbocycles. The van der Waals surface area contributed by atoms with Crippen LogP contribution in [-0.2, 0) is 10.0 Å². The van der Waals surface area contributed by atoms with Crippen LogP contribution in [0.5, 0.6) is 0 Å². The summed E-state index contributed by atoms with van der Waals surface area (Å²) in [6.45, 7) is 8.62. The van der Waals surface area contributed by atoms with Crippen molar-refractivity contribution in [3.05, 3.63) is 47.8 Å². The molecule has 3 aromatic rings. The molecule has 1 aromatic carbocycles. The second-order valence-electron chi connectivity index (χ2n) is 8.41. The fourth-order valence-electron chi connectivity index (χ4n) is 3.74. The molecule has 1 aliphatic heterocycles. The van der Waals surface area contributed by atoms with Crippen LogP contribution in [0.4, 0.5) is 11.4 Å². The molecule has 1 saturated heterocycles. The predicted molar refractivity (Wildman–Crippen MR) is 122 cm³/mol. The van der Waals surface area contributed by atoms with Gasteiger partial charge in [0.05, 0.1) is 28.6 Å². The van der Waals surface area contributed by atoms with E-state index in [1.165, 1.54) is 4.31 Å². The summed E-state index contributed by atoms with van der Waals surface area (Å²) in [6, 6.07) is 8.83. The van der Waals surface area contributed by atoms with Crippen LogP contribution < -0.4 is 9.62 Å². The Kier molecular flexibility index (Phi) is 5.47. The van der Waals surface area contributed by atoms with Gasteiger partial charge in [-0.05, 0) is 56.5 Å². The average molecular weight is 442 g/mol. The molecule has 2 aromatic heterocycles. The topological polar surface area (TPSA) is 97.2 Å². The van der Waals surface area contributed by atoms with Crippen LogP contribution in [-0.4, -0.2) is 41.4 Å². The molecule has 0 spiro atoms. The Morgan fingerprint density at radius 1 is 1.13 bits per heavy atom. The van der Waals surface area contributed by atoms with Crippen molar-refractivity contribution in [1.29, 1.82) is 0 Å². The monoisotopic (exact) mass is 441 g/mol. The first kappa shape index (κ1) is 21.3. The largest absolute Gasteiger partial charge is 0.322 e.